The molecular formula is C16H17Cl2N3O2. The van der Waals surface area contributed by atoms with Gasteiger partial charge in [0.1, 0.15) is 11.6 Å². The van der Waals surface area contributed by atoms with Crippen LogP contribution in [0.1, 0.15) is 31.7 Å². The van der Waals surface area contributed by atoms with Gasteiger partial charge >= 0.3 is 0 Å². The first-order valence-corrected chi connectivity index (χ1v) is 7.99. The maximum absolute atomic E-state index is 12.2. The number of anilines is 1. The van der Waals surface area contributed by atoms with Crippen LogP contribution in [0.5, 0.6) is 0 Å². The van der Waals surface area contributed by atoms with Gasteiger partial charge in [0.05, 0.1) is 11.2 Å². The second kappa shape index (κ2) is 7.62. The summed E-state index contributed by atoms with van der Waals surface area (Å²) in [5.41, 5.74) is 1.20. The lowest BCUT2D eigenvalue weighted by Crippen LogP contribution is -2.30. The van der Waals surface area contributed by atoms with Crippen molar-refractivity contribution in [2.24, 2.45) is 0 Å². The number of nitrogens with zero attached hydrogens (tertiary/aromatic N) is 2. The molecule has 1 N–H and O–H groups in total. The van der Waals surface area contributed by atoms with Crippen molar-refractivity contribution in [3.05, 3.63) is 56.4 Å². The van der Waals surface area contributed by atoms with Crippen LogP contribution in [0.2, 0.25) is 10.0 Å². The van der Waals surface area contributed by atoms with E-state index in [1.165, 1.54) is 6.20 Å². The van der Waals surface area contributed by atoms with Crippen LogP contribution in [0.25, 0.3) is 0 Å². The molecule has 0 fully saturated rings. The molecule has 2 rings (SSSR count). The van der Waals surface area contributed by atoms with E-state index >= 15 is 0 Å². The fraction of sp³-hybridized carbons (Fsp3) is 0.312. The van der Waals surface area contributed by atoms with Crippen molar-refractivity contribution < 1.29 is 4.79 Å². The summed E-state index contributed by atoms with van der Waals surface area (Å²) >= 11 is 11.5. The Morgan fingerprint density at radius 1 is 1.35 bits per heavy atom. The molecule has 2 aromatic rings. The number of hydrogen-bond donors (Lipinski definition) is 1. The first-order valence-electron chi connectivity index (χ1n) is 7.24. The van der Waals surface area contributed by atoms with Gasteiger partial charge in [0.2, 0.25) is 5.91 Å². The monoisotopic (exact) mass is 353 g/mol. The number of carbonyl (C=O) groups excluding carboxylic acids is 1. The van der Waals surface area contributed by atoms with Gasteiger partial charge < -0.3 is 5.32 Å². The van der Waals surface area contributed by atoms with Gasteiger partial charge in [0.25, 0.3) is 5.56 Å². The maximum atomic E-state index is 12.2. The predicted molar refractivity (Wildman–Crippen MR) is 92.3 cm³/mol. The largest absolute Gasteiger partial charge is 0.324 e. The highest BCUT2D eigenvalue weighted by atomic mass is 35.5. The first-order chi connectivity index (χ1) is 10.9. The second-order valence-electron chi connectivity index (χ2n) is 5.21. The van der Waals surface area contributed by atoms with Crippen LogP contribution < -0.4 is 10.9 Å². The summed E-state index contributed by atoms with van der Waals surface area (Å²) in [4.78, 5) is 24.1. The Morgan fingerprint density at radius 3 is 2.74 bits per heavy atom. The molecule has 0 saturated heterocycles. The Balaban J connectivity index is 2.18. The second-order valence-corrected chi connectivity index (χ2v) is 6.00. The van der Waals surface area contributed by atoms with E-state index in [0.717, 1.165) is 22.4 Å². The molecule has 0 spiro atoms. The molecule has 0 aliphatic rings. The molecule has 1 amide bonds. The molecule has 0 aliphatic carbocycles. The van der Waals surface area contributed by atoms with Crippen molar-refractivity contribution in [1.82, 2.24) is 9.78 Å². The van der Waals surface area contributed by atoms with Gasteiger partial charge in [-0.3, -0.25) is 9.59 Å². The van der Waals surface area contributed by atoms with Crippen molar-refractivity contribution in [2.45, 2.75) is 32.7 Å². The topological polar surface area (TPSA) is 64.0 Å². The molecule has 1 aromatic carbocycles. The Labute approximate surface area is 144 Å². The van der Waals surface area contributed by atoms with Crippen LogP contribution >= 0.6 is 23.2 Å². The summed E-state index contributed by atoms with van der Waals surface area (Å²) in [6.07, 6.45) is 2.20. The van der Waals surface area contributed by atoms with E-state index in [0.29, 0.717) is 5.92 Å². The van der Waals surface area contributed by atoms with Crippen LogP contribution in [-0.4, -0.2) is 15.7 Å². The molecule has 0 unspecified atom stereocenters. The smallest absolute Gasteiger partial charge is 0.287 e. The minimum absolute atomic E-state index is 0.0652. The van der Waals surface area contributed by atoms with Crippen LogP contribution in [0.15, 0.2) is 35.3 Å². The van der Waals surface area contributed by atoms with E-state index in [-0.39, 0.29) is 22.5 Å². The summed E-state index contributed by atoms with van der Waals surface area (Å²) in [7, 11) is 0. The van der Waals surface area contributed by atoms with Crippen molar-refractivity contribution in [3.63, 3.8) is 0 Å². The number of benzene rings is 1. The van der Waals surface area contributed by atoms with Crippen molar-refractivity contribution >= 4 is 34.8 Å². The zero-order chi connectivity index (χ0) is 17.0. The highest BCUT2D eigenvalue weighted by Gasteiger charge is 2.14. The number of amides is 1. The van der Waals surface area contributed by atoms with Gasteiger partial charge in [-0.2, -0.15) is 5.10 Å². The first kappa shape index (κ1) is 17.5. The number of rotatable bonds is 5. The zero-order valence-corrected chi connectivity index (χ0v) is 14.4. The van der Waals surface area contributed by atoms with Gasteiger partial charge in [0.15, 0.2) is 0 Å². The third-order valence-corrected chi connectivity index (χ3v) is 4.36. The minimum Gasteiger partial charge on any atom is -0.324 e. The van der Waals surface area contributed by atoms with E-state index in [1.54, 1.807) is 0 Å². The normalized spacial score (nSPS) is 12.0. The molecular weight excluding hydrogens is 337 g/mol. The van der Waals surface area contributed by atoms with E-state index in [2.05, 4.69) is 24.3 Å². The number of hydrogen-bond acceptors (Lipinski definition) is 3. The van der Waals surface area contributed by atoms with E-state index in [1.807, 2.05) is 24.3 Å². The third-order valence-electron chi connectivity index (χ3n) is 3.61. The summed E-state index contributed by atoms with van der Waals surface area (Å²) in [6, 6.07) is 7.60. The molecule has 1 heterocycles. The summed E-state index contributed by atoms with van der Waals surface area (Å²) in [5.74, 6) is -0.0360. The maximum Gasteiger partial charge on any atom is 0.287 e. The van der Waals surface area contributed by atoms with Crippen LogP contribution in [0.3, 0.4) is 0 Å². The van der Waals surface area contributed by atoms with Crippen molar-refractivity contribution in [1.29, 1.82) is 0 Å². The van der Waals surface area contributed by atoms with Gasteiger partial charge in [-0.25, -0.2) is 4.68 Å². The lowest BCUT2D eigenvalue weighted by Gasteiger charge is -2.15. The summed E-state index contributed by atoms with van der Waals surface area (Å²) in [5, 5.41) is 6.56. The van der Waals surface area contributed by atoms with Gasteiger partial charge in [-0.05, 0) is 24.0 Å². The third kappa shape index (κ3) is 4.12. The Bertz CT molecular complexity index is 774. The number of para-hydroxylation sites is 1. The Hall–Kier alpha value is -1.85. The highest BCUT2D eigenvalue weighted by Crippen LogP contribution is 2.26. The Kier molecular flexibility index (Phi) is 5.80. The average molecular weight is 354 g/mol. The lowest BCUT2D eigenvalue weighted by atomic mass is 9.97. The molecule has 1 atom stereocenters. The van der Waals surface area contributed by atoms with E-state index in [4.69, 9.17) is 23.2 Å². The molecule has 0 saturated carbocycles. The lowest BCUT2D eigenvalue weighted by molar-refractivity contribution is -0.117. The standard InChI is InChI=1S/C16H17Cl2N3O2/c1-3-10(2)11-6-4-5-7-13(11)20-14(22)9-21-16(23)15(18)12(17)8-19-21/h4-8,10H,3,9H2,1-2H3,(H,20,22)/t10-/m0/s1. The van der Waals surface area contributed by atoms with E-state index in [9.17, 15) is 9.59 Å². The molecule has 5 nitrogen and oxygen atoms in total. The highest BCUT2D eigenvalue weighted by molar-refractivity contribution is 6.41. The van der Waals surface area contributed by atoms with Crippen LogP contribution in [0, 0.1) is 0 Å². The number of nitrogens with one attached hydrogen (secondary N) is 1. The fourth-order valence-corrected chi connectivity index (χ4v) is 2.41. The summed E-state index contributed by atoms with van der Waals surface area (Å²) < 4.78 is 0.982. The molecule has 0 bridgehead atoms. The average Bonchev–Trinajstić information content (AvgIpc) is 2.55. The SMILES string of the molecule is CC[C@H](C)c1ccccc1NC(=O)Cn1ncc(Cl)c(Cl)c1=O. The summed E-state index contributed by atoms with van der Waals surface area (Å²) in [6.45, 7) is 3.95. The van der Waals surface area contributed by atoms with Gasteiger partial charge in [0, 0.05) is 5.69 Å². The minimum atomic E-state index is -0.593. The van der Waals surface area contributed by atoms with Crippen LogP contribution in [0.4, 0.5) is 5.69 Å². The van der Waals surface area contributed by atoms with Crippen molar-refractivity contribution in [2.75, 3.05) is 5.32 Å². The van der Waals surface area contributed by atoms with Crippen molar-refractivity contribution in [3.8, 4) is 0 Å². The molecule has 0 aliphatic heterocycles. The number of aromatic nitrogens is 2. The molecule has 122 valence electrons. The van der Waals surface area contributed by atoms with Crippen LogP contribution in [-0.2, 0) is 11.3 Å². The van der Waals surface area contributed by atoms with E-state index < -0.39 is 5.56 Å². The van der Waals surface area contributed by atoms with Gasteiger partial charge in [-0.15, -0.1) is 0 Å². The fourth-order valence-electron chi connectivity index (χ4n) is 2.14. The molecule has 0 radical (unpaired) electrons. The predicted octanol–water partition coefficient (Wildman–Crippen LogP) is 3.70. The number of halogens is 2. The number of carbonyl (C=O) groups is 1. The Morgan fingerprint density at radius 2 is 2.04 bits per heavy atom. The molecule has 23 heavy (non-hydrogen) atoms. The zero-order valence-electron chi connectivity index (χ0n) is 12.8. The van der Waals surface area contributed by atoms with Gasteiger partial charge in [-0.1, -0.05) is 55.2 Å². The molecule has 7 heteroatoms. The quantitative estimate of drug-likeness (QED) is 0.890. The molecule has 1 aromatic heterocycles.